The Balaban J connectivity index is 1.44. The summed E-state index contributed by atoms with van der Waals surface area (Å²) in [6.45, 7) is 3.93. The van der Waals surface area contributed by atoms with Crippen LogP contribution in [0.3, 0.4) is 0 Å². The number of esters is 1. The number of nitrogens with zero attached hydrogens (tertiary/aromatic N) is 3. The molecule has 168 valence electrons. The SMILES string of the molecule is C[C@H]1CN(S(=O)(=O)c2cccc(C(=O)OCc3nnc(-c4ccccc4)o3)c2)C[C@H](C)O1. The van der Waals surface area contributed by atoms with Crippen LogP contribution in [-0.4, -0.2) is 54.2 Å². The number of sulfonamides is 1. The number of morpholine rings is 1. The fraction of sp³-hybridized carbons (Fsp3) is 0.318. The number of hydrogen-bond donors (Lipinski definition) is 0. The van der Waals surface area contributed by atoms with Crippen LogP contribution in [0, 0.1) is 0 Å². The molecular weight excluding hydrogens is 434 g/mol. The lowest BCUT2D eigenvalue weighted by Crippen LogP contribution is -2.48. The molecule has 0 bridgehead atoms. The van der Waals surface area contributed by atoms with Crippen molar-refractivity contribution in [1.82, 2.24) is 14.5 Å². The van der Waals surface area contributed by atoms with Gasteiger partial charge in [0.2, 0.25) is 15.9 Å². The molecule has 1 saturated heterocycles. The minimum absolute atomic E-state index is 0.0254. The van der Waals surface area contributed by atoms with Crippen LogP contribution in [0.25, 0.3) is 11.5 Å². The van der Waals surface area contributed by atoms with Crippen molar-refractivity contribution < 1.29 is 27.1 Å². The monoisotopic (exact) mass is 457 g/mol. The first kappa shape index (κ1) is 22.1. The summed E-state index contributed by atoms with van der Waals surface area (Å²) < 4.78 is 43.9. The molecular formula is C22H23N3O6S. The number of hydrogen-bond acceptors (Lipinski definition) is 8. The zero-order valence-corrected chi connectivity index (χ0v) is 18.5. The summed E-state index contributed by atoms with van der Waals surface area (Å²) in [6, 6.07) is 15.0. The molecule has 2 aromatic carbocycles. The van der Waals surface area contributed by atoms with Gasteiger partial charge in [-0.2, -0.15) is 4.31 Å². The summed E-state index contributed by atoms with van der Waals surface area (Å²) in [5.74, 6) is -0.235. The van der Waals surface area contributed by atoms with Gasteiger partial charge in [-0.25, -0.2) is 13.2 Å². The molecule has 3 aromatic rings. The Labute approximate surface area is 186 Å². The van der Waals surface area contributed by atoms with Gasteiger partial charge in [0.25, 0.3) is 5.89 Å². The Morgan fingerprint density at radius 1 is 1.06 bits per heavy atom. The van der Waals surface area contributed by atoms with E-state index < -0.39 is 16.0 Å². The molecule has 0 saturated carbocycles. The number of ether oxygens (including phenoxy) is 2. The molecule has 0 N–H and O–H groups in total. The fourth-order valence-electron chi connectivity index (χ4n) is 3.48. The second-order valence-corrected chi connectivity index (χ2v) is 9.49. The molecule has 0 unspecified atom stereocenters. The molecule has 1 aromatic heterocycles. The van der Waals surface area contributed by atoms with Gasteiger partial charge in [-0.1, -0.05) is 24.3 Å². The van der Waals surface area contributed by atoms with Crippen LogP contribution in [-0.2, 0) is 26.1 Å². The highest BCUT2D eigenvalue weighted by atomic mass is 32.2. The van der Waals surface area contributed by atoms with Crippen molar-refractivity contribution in [1.29, 1.82) is 0 Å². The van der Waals surface area contributed by atoms with E-state index in [-0.39, 0.29) is 48.3 Å². The molecule has 2 atom stereocenters. The third-order valence-corrected chi connectivity index (χ3v) is 6.74. The van der Waals surface area contributed by atoms with Gasteiger partial charge in [0.1, 0.15) is 0 Å². The van der Waals surface area contributed by atoms with Crippen molar-refractivity contribution in [3.63, 3.8) is 0 Å². The standard InChI is InChI=1S/C22H23N3O6S/c1-15-12-25(13-16(2)30-15)32(27,28)19-10-6-9-18(11-19)22(26)29-14-20-23-24-21(31-20)17-7-4-3-5-8-17/h3-11,15-16H,12-14H2,1-2H3/t15-,16-/m0/s1. The van der Waals surface area contributed by atoms with Crippen molar-refractivity contribution >= 4 is 16.0 Å². The lowest BCUT2D eigenvalue weighted by Gasteiger charge is -2.34. The number of carbonyl (C=O) groups is 1. The predicted molar refractivity (Wildman–Crippen MR) is 114 cm³/mol. The summed E-state index contributed by atoms with van der Waals surface area (Å²) >= 11 is 0. The van der Waals surface area contributed by atoms with Crippen LogP contribution in [0.4, 0.5) is 0 Å². The van der Waals surface area contributed by atoms with Crippen molar-refractivity contribution in [2.75, 3.05) is 13.1 Å². The molecule has 1 fully saturated rings. The van der Waals surface area contributed by atoms with E-state index in [2.05, 4.69) is 10.2 Å². The number of rotatable bonds is 6. The molecule has 32 heavy (non-hydrogen) atoms. The van der Waals surface area contributed by atoms with Crippen LogP contribution in [0.5, 0.6) is 0 Å². The lowest BCUT2D eigenvalue weighted by atomic mass is 10.2. The van der Waals surface area contributed by atoms with Crippen molar-refractivity contribution in [2.24, 2.45) is 0 Å². The number of carbonyl (C=O) groups excluding carboxylic acids is 1. The van der Waals surface area contributed by atoms with E-state index in [9.17, 15) is 13.2 Å². The van der Waals surface area contributed by atoms with Crippen LogP contribution >= 0.6 is 0 Å². The van der Waals surface area contributed by atoms with Crippen molar-refractivity contribution in [2.45, 2.75) is 37.6 Å². The third kappa shape index (κ3) is 4.87. The maximum absolute atomic E-state index is 13.1. The molecule has 2 heterocycles. The average Bonchev–Trinajstić information content (AvgIpc) is 3.26. The van der Waals surface area contributed by atoms with Crippen LogP contribution in [0.2, 0.25) is 0 Å². The predicted octanol–water partition coefficient (Wildman–Crippen LogP) is 2.89. The van der Waals surface area contributed by atoms with E-state index in [0.717, 1.165) is 5.56 Å². The van der Waals surface area contributed by atoms with E-state index in [4.69, 9.17) is 13.9 Å². The summed E-state index contributed by atoms with van der Waals surface area (Å²) in [6.07, 6.45) is -0.422. The molecule has 0 amide bonds. The molecule has 1 aliphatic heterocycles. The van der Waals surface area contributed by atoms with Crippen LogP contribution < -0.4 is 0 Å². The molecule has 0 spiro atoms. The highest BCUT2D eigenvalue weighted by Crippen LogP contribution is 2.22. The van der Waals surface area contributed by atoms with Crippen molar-refractivity contribution in [3.05, 3.63) is 66.1 Å². The van der Waals surface area contributed by atoms with Gasteiger partial charge in [0.05, 0.1) is 22.7 Å². The quantitative estimate of drug-likeness (QED) is 0.520. The minimum atomic E-state index is -3.77. The molecule has 0 radical (unpaired) electrons. The van der Waals surface area contributed by atoms with Gasteiger partial charge in [-0.05, 0) is 44.2 Å². The Hall–Kier alpha value is -3.08. The molecule has 0 aliphatic carbocycles. The Morgan fingerprint density at radius 2 is 1.78 bits per heavy atom. The van der Waals surface area contributed by atoms with Gasteiger partial charge in [-0.15, -0.1) is 10.2 Å². The Morgan fingerprint density at radius 3 is 2.50 bits per heavy atom. The average molecular weight is 458 g/mol. The van der Waals surface area contributed by atoms with E-state index >= 15 is 0 Å². The highest BCUT2D eigenvalue weighted by Gasteiger charge is 2.32. The van der Waals surface area contributed by atoms with Gasteiger partial charge in [0, 0.05) is 18.7 Å². The number of aromatic nitrogens is 2. The Kier molecular flexibility index (Phi) is 6.35. The first-order chi connectivity index (χ1) is 15.3. The topological polar surface area (TPSA) is 112 Å². The Bertz CT molecular complexity index is 1190. The third-order valence-electron chi connectivity index (χ3n) is 4.91. The second kappa shape index (κ2) is 9.19. The zero-order valence-electron chi connectivity index (χ0n) is 17.7. The first-order valence-corrected chi connectivity index (χ1v) is 11.6. The van der Waals surface area contributed by atoms with Crippen LogP contribution in [0.1, 0.15) is 30.1 Å². The first-order valence-electron chi connectivity index (χ1n) is 10.1. The van der Waals surface area contributed by atoms with E-state index in [1.165, 1.54) is 28.6 Å². The smallest absolute Gasteiger partial charge is 0.338 e. The fourth-order valence-corrected chi connectivity index (χ4v) is 5.12. The molecule has 4 rings (SSSR count). The summed E-state index contributed by atoms with van der Waals surface area (Å²) in [4.78, 5) is 12.5. The number of benzene rings is 2. The highest BCUT2D eigenvalue weighted by molar-refractivity contribution is 7.89. The van der Waals surface area contributed by atoms with Gasteiger partial charge in [0.15, 0.2) is 6.61 Å². The van der Waals surface area contributed by atoms with Gasteiger partial charge < -0.3 is 13.9 Å². The zero-order chi connectivity index (χ0) is 22.7. The summed E-state index contributed by atoms with van der Waals surface area (Å²) in [5, 5.41) is 7.83. The van der Waals surface area contributed by atoms with E-state index in [1.807, 2.05) is 44.2 Å². The van der Waals surface area contributed by atoms with Gasteiger partial charge >= 0.3 is 5.97 Å². The van der Waals surface area contributed by atoms with E-state index in [0.29, 0.717) is 5.89 Å². The minimum Gasteiger partial charge on any atom is -0.452 e. The molecule has 10 heteroatoms. The maximum atomic E-state index is 13.1. The van der Waals surface area contributed by atoms with Crippen LogP contribution in [0.15, 0.2) is 63.9 Å². The normalized spacial score (nSPS) is 19.6. The van der Waals surface area contributed by atoms with E-state index in [1.54, 1.807) is 0 Å². The largest absolute Gasteiger partial charge is 0.452 e. The van der Waals surface area contributed by atoms with Crippen molar-refractivity contribution in [3.8, 4) is 11.5 Å². The lowest BCUT2D eigenvalue weighted by molar-refractivity contribution is -0.0440. The second-order valence-electron chi connectivity index (χ2n) is 7.55. The van der Waals surface area contributed by atoms with Gasteiger partial charge in [-0.3, -0.25) is 0 Å². The summed E-state index contributed by atoms with van der Waals surface area (Å²) in [7, 11) is -3.77. The molecule has 1 aliphatic rings. The maximum Gasteiger partial charge on any atom is 0.338 e. The summed E-state index contributed by atoms with van der Waals surface area (Å²) in [5.41, 5.74) is 0.866. The molecule has 9 nitrogen and oxygen atoms in total.